The molecule has 0 spiro atoms. The average molecular weight is 206 g/mol. The van der Waals surface area contributed by atoms with Crippen LogP contribution in [0, 0.1) is 11.8 Å². The Kier molecular flexibility index (Phi) is 7.63. The van der Waals surface area contributed by atoms with Crippen LogP contribution >= 0.6 is 0 Å². The highest BCUT2D eigenvalue weighted by Gasteiger charge is 1.86. The highest BCUT2D eigenvalue weighted by atomic mass is 16.5. The van der Waals surface area contributed by atoms with E-state index in [-0.39, 0.29) is 0 Å². The molecule has 2 nitrogen and oxygen atoms in total. The maximum Gasteiger partial charge on any atom is 0.108 e. The Morgan fingerprint density at radius 1 is 0.867 bits per heavy atom. The summed E-state index contributed by atoms with van der Waals surface area (Å²) in [6.45, 7) is 2.44. The van der Waals surface area contributed by atoms with Gasteiger partial charge in [-0.3, -0.25) is 0 Å². The van der Waals surface area contributed by atoms with E-state index in [0.717, 1.165) is 19.4 Å². The Morgan fingerprint density at radius 3 is 2.60 bits per heavy atom. The van der Waals surface area contributed by atoms with Crippen molar-refractivity contribution in [3.05, 3.63) is 24.3 Å². The van der Waals surface area contributed by atoms with E-state index in [2.05, 4.69) is 24.0 Å². The lowest BCUT2D eigenvalue weighted by molar-refractivity contribution is 0.162. The molecular weight excluding hydrogens is 188 g/mol. The van der Waals surface area contributed by atoms with Crippen LogP contribution < -0.4 is 0 Å². The van der Waals surface area contributed by atoms with Crippen LogP contribution in [0.3, 0.4) is 0 Å². The third-order valence-corrected chi connectivity index (χ3v) is 1.98. The molecule has 1 rings (SSSR count). The molecule has 2 heteroatoms. The Hall–Kier alpha value is -1.04. The standard InChI is InChI=1S/C13H18O2/c1-2-4-6-10-14-12-8-9-13-15-11-7-5-3-1/h1-2,4,6H,3,5,7,10-13H2/b2-1+,6-4+. The molecule has 0 atom stereocenters. The third-order valence-electron chi connectivity index (χ3n) is 1.98. The predicted octanol–water partition coefficient (Wildman–Crippen LogP) is 2.32. The zero-order valence-corrected chi connectivity index (χ0v) is 9.08. The molecule has 0 aromatic rings. The first-order chi connectivity index (χ1) is 7.50. The minimum Gasteiger partial charge on any atom is -0.369 e. The first kappa shape index (κ1) is 12.0. The molecule has 1 heterocycles. The van der Waals surface area contributed by atoms with Crippen LogP contribution in [-0.2, 0) is 9.47 Å². The Labute approximate surface area is 92.0 Å². The summed E-state index contributed by atoms with van der Waals surface area (Å²) in [5.74, 6) is 5.82. The van der Waals surface area contributed by atoms with Gasteiger partial charge in [0.15, 0.2) is 0 Å². The van der Waals surface area contributed by atoms with Gasteiger partial charge in [-0.25, -0.2) is 0 Å². The summed E-state index contributed by atoms with van der Waals surface area (Å²) in [7, 11) is 0. The highest BCUT2D eigenvalue weighted by molar-refractivity contribution is 5.03. The summed E-state index contributed by atoms with van der Waals surface area (Å²) < 4.78 is 10.6. The molecule has 0 aromatic carbocycles. The molecule has 0 amide bonds. The van der Waals surface area contributed by atoms with E-state index in [1.165, 1.54) is 6.42 Å². The van der Waals surface area contributed by atoms with Crippen LogP contribution in [0.15, 0.2) is 24.3 Å². The fourth-order valence-corrected chi connectivity index (χ4v) is 1.18. The largest absolute Gasteiger partial charge is 0.369 e. The smallest absolute Gasteiger partial charge is 0.108 e. The predicted molar refractivity (Wildman–Crippen MR) is 61.5 cm³/mol. The summed E-state index contributed by atoms with van der Waals surface area (Å²) in [6, 6.07) is 0. The molecule has 0 saturated carbocycles. The topological polar surface area (TPSA) is 18.5 Å². The van der Waals surface area contributed by atoms with Gasteiger partial charge < -0.3 is 9.47 Å². The van der Waals surface area contributed by atoms with Gasteiger partial charge in [0.2, 0.25) is 0 Å². The molecule has 15 heavy (non-hydrogen) atoms. The molecule has 0 aromatic heterocycles. The van der Waals surface area contributed by atoms with Crippen molar-refractivity contribution in [3.63, 3.8) is 0 Å². The minimum atomic E-state index is 0.484. The summed E-state index contributed by atoms with van der Waals surface area (Å²) >= 11 is 0. The number of hydrogen-bond acceptors (Lipinski definition) is 2. The van der Waals surface area contributed by atoms with Crippen molar-refractivity contribution in [3.8, 4) is 11.8 Å². The van der Waals surface area contributed by atoms with Crippen LogP contribution in [0.1, 0.15) is 19.3 Å². The van der Waals surface area contributed by atoms with E-state index < -0.39 is 0 Å². The summed E-state index contributed by atoms with van der Waals surface area (Å²) in [6.07, 6.45) is 11.6. The van der Waals surface area contributed by atoms with E-state index >= 15 is 0 Å². The fourth-order valence-electron chi connectivity index (χ4n) is 1.18. The second kappa shape index (κ2) is 9.51. The van der Waals surface area contributed by atoms with Gasteiger partial charge in [0, 0.05) is 6.61 Å². The molecule has 82 valence electrons. The lowest BCUT2D eigenvalue weighted by Gasteiger charge is -1.97. The van der Waals surface area contributed by atoms with Gasteiger partial charge in [-0.05, 0) is 19.3 Å². The minimum absolute atomic E-state index is 0.484. The lowest BCUT2D eigenvalue weighted by atomic mass is 10.2. The van der Waals surface area contributed by atoms with Crippen molar-refractivity contribution >= 4 is 0 Å². The summed E-state index contributed by atoms with van der Waals surface area (Å²) in [5, 5.41) is 0. The molecule has 0 unspecified atom stereocenters. The van der Waals surface area contributed by atoms with Crippen LogP contribution in [0.2, 0.25) is 0 Å². The van der Waals surface area contributed by atoms with Crippen LogP contribution in [-0.4, -0.2) is 26.4 Å². The van der Waals surface area contributed by atoms with Crippen molar-refractivity contribution in [2.45, 2.75) is 19.3 Å². The summed E-state index contributed by atoms with van der Waals surface area (Å²) in [4.78, 5) is 0. The third kappa shape index (κ3) is 7.99. The van der Waals surface area contributed by atoms with Crippen molar-refractivity contribution in [2.75, 3.05) is 26.4 Å². The Morgan fingerprint density at radius 2 is 1.67 bits per heavy atom. The molecule has 0 aliphatic carbocycles. The first-order valence-electron chi connectivity index (χ1n) is 5.43. The van der Waals surface area contributed by atoms with Gasteiger partial charge in [0.1, 0.15) is 13.2 Å². The highest BCUT2D eigenvalue weighted by Crippen LogP contribution is 1.97. The van der Waals surface area contributed by atoms with Crippen LogP contribution in [0.5, 0.6) is 0 Å². The van der Waals surface area contributed by atoms with E-state index in [1.807, 2.05) is 12.2 Å². The fraction of sp³-hybridized carbons (Fsp3) is 0.538. The number of hydrogen-bond donors (Lipinski definition) is 0. The van der Waals surface area contributed by atoms with Crippen LogP contribution in [0.4, 0.5) is 0 Å². The van der Waals surface area contributed by atoms with Gasteiger partial charge >= 0.3 is 0 Å². The molecular formula is C13H18O2. The van der Waals surface area contributed by atoms with Gasteiger partial charge in [0.05, 0.1) is 6.61 Å². The molecule has 0 N–H and O–H groups in total. The SMILES string of the molecule is C1#CCOCCCC/C=C/C=C/COC1. The lowest BCUT2D eigenvalue weighted by Crippen LogP contribution is -1.95. The first-order valence-corrected chi connectivity index (χ1v) is 5.43. The molecule has 0 fully saturated rings. The van der Waals surface area contributed by atoms with Gasteiger partial charge in [0.25, 0.3) is 0 Å². The Bertz CT molecular complexity index is 255. The van der Waals surface area contributed by atoms with Gasteiger partial charge in [-0.1, -0.05) is 36.1 Å². The molecule has 0 saturated heterocycles. The van der Waals surface area contributed by atoms with Gasteiger partial charge in [-0.2, -0.15) is 0 Å². The molecule has 1 aliphatic rings. The van der Waals surface area contributed by atoms with E-state index in [0.29, 0.717) is 19.8 Å². The maximum atomic E-state index is 5.34. The average Bonchev–Trinajstić information content (AvgIpc) is 2.27. The molecule has 0 radical (unpaired) electrons. The van der Waals surface area contributed by atoms with Crippen molar-refractivity contribution in [1.29, 1.82) is 0 Å². The zero-order chi connectivity index (χ0) is 10.6. The zero-order valence-electron chi connectivity index (χ0n) is 9.08. The maximum absolute atomic E-state index is 5.34. The summed E-state index contributed by atoms with van der Waals surface area (Å²) in [5.41, 5.74) is 0. The van der Waals surface area contributed by atoms with Gasteiger partial charge in [-0.15, -0.1) is 0 Å². The second-order valence-electron chi connectivity index (χ2n) is 3.27. The Balaban J connectivity index is 2.27. The molecule has 0 bridgehead atoms. The number of ether oxygens (including phenoxy) is 2. The van der Waals surface area contributed by atoms with Crippen molar-refractivity contribution < 1.29 is 9.47 Å². The van der Waals surface area contributed by atoms with E-state index in [4.69, 9.17) is 9.47 Å². The number of rotatable bonds is 0. The molecule has 1 aliphatic heterocycles. The van der Waals surface area contributed by atoms with E-state index in [9.17, 15) is 0 Å². The second-order valence-corrected chi connectivity index (χ2v) is 3.27. The van der Waals surface area contributed by atoms with Crippen LogP contribution in [0.25, 0.3) is 0 Å². The van der Waals surface area contributed by atoms with E-state index in [1.54, 1.807) is 0 Å². The monoisotopic (exact) mass is 206 g/mol. The van der Waals surface area contributed by atoms with Crippen molar-refractivity contribution in [2.24, 2.45) is 0 Å². The normalized spacial score (nSPS) is 24.0. The van der Waals surface area contributed by atoms with Crippen molar-refractivity contribution in [1.82, 2.24) is 0 Å². The number of allylic oxidation sites excluding steroid dienone is 3. The quantitative estimate of drug-likeness (QED) is 0.566.